The maximum atomic E-state index is 13.0. The Morgan fingerprint density at radius 3 is 2.64 bits per heavy atom. The number of nitrogens with zero attached hydrogens (tertiary/aromatic N) is 7. The molecule has 10 nitrogen and oxygen atoms in total. The minimum atomic E-state index is -0.610. The van der Waals surface area contributed by atoms with Crippen molar-refractivity contribution in [3.63, 3.8) is 0 Å². The Kier molecular flexibility index (Phi) is 9.16. The van der Waals surface area contributed by atoms with Gasteiger partial charge < -0.3 is 29.1 Å². The van der Waals surface area contributed by atoms with Crippen molar-refractivity contribution < 1.29 is 14.3 Å². The quantitative estimate of drug-likeness (QED) is 0.364. The molecule has 0 radical (unpaired) electrons. The van der Waals surface area contributed by atoms with Gasteiger partial charge in [-0.1, -0.05) is 30.3 Å². The van der Waals surface area contributed by atoms with E-state index < -0.39 is 5.60 Å². The van der Waals surface area contributed by atoms with E-state index in [1.165, 1.54) is 22.0 Å². The fourth-order valence-corrected chi connectivity index (χ4v) is 6.23. The number of carbonyl (C=O) groups is 1. The Balaban J connectivity index is 1.48. The summed E-state index contributed by atoms with van der Waals surface area (Å²) >= 11 is 0. The summed E-state index contributed by atoms with van der Waals surface area (Å²) in [6, 6.07) is 15.3. The summed E-state index contributed by atoms with van der Waals surface area (Å²) in [5.41, 5.74) is 3.87. The third-order valence-electron chi connectivity index (χ3n) is 8.01. The van der Waals surface area contributed by atoms with Crippen molar-refractivity contribution in [2.45, 2.75) is 71.8 Å². The molecule has 44 heavy (non-hydrogen) atoms. The van der Waals surface area contributed by atoms with Gasteiger partial charge >= 0.3 is 12.1 Å². The van der Waals surface area contributed by atoms with Crippen molar-refractivity contribution >= 4 is 28.4 Å². The summed E-state index contributed by atoms with van der Waals surface area (Å²) in [5.74, 6) is 0.836. The topological polar surface area (TPSA) is 98.1 Å². The minimum Gasteiger partial charge on any atom is -0.459 e. The first kappa shape index (κ1) is 31.3. The van der Waals surface area contributed by atoms with E-state index in [4.69, 9.17) is 19.4 Å². The standard InChI is InChI=1S/C34H45N7O3/c1-23-18-25-10-8-9-11-27(25)30(19-23)39-15-13-28-29(22-39)36-32(43-24(2)20-38(6)7)37-31(28)40-16-17-41(26(21-40)12-14-35)33(42)44-34(3,4)5/h8-11,18-19,24,26H,12-13,15-17,20-22H2,1-7H3/t24-,26?/m1/s1. The number of hydrogen-bond donors (Lipinski definition) is 0. The molecular weight excluding hydrogens is 554 g/mol. The van der Waals surface area contributed by atoms with E-state index in [1.807, 2.05) is 41.8 Å². The molecule has 0 bridgehead atoms. The van der Waals surface area contributed by atoms with Crippen molar-refractivity contribution in [3.05, 3.63) is 53.2 Å². The van der Waals surface area contributed by atoms with Crippen LogP contribution in [0.15, 0.2) is 36.4 Å². The first-order chi connectivity index (χ1) is 20.9. The summed E-state index contributed by atoms with van der Waals surface area (Å²) < 4.78 is 12.0. The number of fused-ring (bicyclic) bond motifs is 2. The van der Waals surface area contributed by atoms with Gasteiger partial charge in [0.15, 0.2) is 0 Å². The van der Waals surface area contributed by atoms with E-state index in [1.54, 1.807) is 4.90 Å². The van der Waals surface area contributed by atoms with Gasteiger partial charge in [-0.2, -0.15) is 15.2 Å². The number of likely N-dealkylation sites (N-methyl/N-ethyl adjacent to an activating group) is 1. The lowest BCUT2D eigenvalue weighted by Crippen LogP contribution is -2.56. The highest BCUT2D eigenvalue weighted by molar-refractivity contribution is 5.95. The Bertz CT molecular complexity index is 1540. The molecule has 2 aliphatic heterocycles. The first-order valence-corrected chi connectivity index (χ1v) is 15.5. The number of anilines is 2. The smallest absolute Gasteiger partial charge is 0.410 e. The summed E-state index contributed by atoms with van der Waals surface area (Å²) in [4.78, 5) is 31.4. The first-order valence-electron chi connectivity index (χ1n) is 15.5. The van der Waals surface area contributed by atoms with E-state index in [9.17, 15) is 10.1 Å². The molecule has 1 fully saturated rings. The number of nitriles is 1. The van der Waals surface area contributed by atoms with Crippen LogP contribution in [0.25, 0.3) is 10.8 Å². The SMILES string of the molecule is Cc1cc(N2CCc3c(nc(O[C@H](C)CN(C)C)nc3N3CCN(C(=O)OC(C)(C)C)C(CC#N)C3)C2)c2ccccc2c1. The van der Waals surface area contributed by atoms with Crippen LogP contribution in [0.4, 0.5) is 16.3 Å². The van der Waals surface area contributed by atoms with E-state index >= 15 is 0 Å². The van der Waals surface area contributed by atoms with Gasteiger partial charge in [-0.05, 0) is 72.2 Å². The lowest BCUT2D eigenvalue weighted by molar-refractivity contribution is 0.0144. The molecule has 0 N–H and O–H groups in total. The number of ether oxygens (including phenoxy) is 2. The molecular formula is C34H45N7O3. The molecule has 1 saturated heterocycles. The minimum absolute atomic E-state index is 0.105. The highest BCUT2D eigenvalue weighted by Gasteiger charge is 2.36. The molecule has 1 aromatic heterocycles. The maximum Gasteiger partial charge on any atom is 0.410 e. The van der Waals surface area contributed by atoms with Crippen LogP contribution in [0.5, 0.6) is 6.01 Å². The summed E-state index contributed by atoms with van der Waals surface area (Å²) in [6.45, 7) is 13.4. The van der Waals surface area contributed by atoms with Crippen LogP contribution >= 0.6 is 0 Å². The zero-order valence-corrected chi connectivity index (χ0v) is 27.1. The molecule has 1 unspecified atom stereocenters. The van der Waals surface area contributed by atoms with Gasteiger partial charge in [-0.25, -0.2) is 4.79 Å². The van der Waals surface area contributed by atoms with Crippen LogP contribution < -0.4 is 14.5 Å². The number of amides is 1. The van der Waals surface area contributed by atoms with E-state index in [-0.39, 0.29) is 24.7 Å². The van der Waals surface area contributed by atoms with Crippen LogP contribution in [0.3, 0.4) is 0 Å². The van der Waals surface area contributed by atoms with E-state index in [2.05, 4.69) is 64.1 Å². The van der Waals surface area contributed by atoms with Gasteiger partial charge in [0.1, 0.15) is 17.5 Å². The van der Waals surface area contributed by atoms with E-state index in [0.717, 1.165) is 36.6 Å². The Morgan fingerprint density at radius 2 is 1.91 bits per heavy atom. The number of aryl methyl sites for hydroxylation is 1. The molecule has 5 rings (SSSR count). The average molecular weight is 600 g/mol. The van der Waals surface area contributed by atoms with Gasteiger partial charge in [0.05, 0.1) is 30.8 Å². The molecule has 2 atom stereocenters. The molecule has 3 heterocycles. The Morgan fingerprint density at radius 1 is 1.14 bits per heavy atom. The summed E-state index contributed by atoms with van der Waals surface area (Å²) in [6.07, 6.45) is 0.493. The van der Waals surface area contributed by atoms with Crippen molar-refractivity contribution in [2.24, 2.45) is 0 Å². The fraction of sp³-hybridized carbons (Fsp3) is 0.529. The second kappa shape index (κ2) is 12.9. The second-order valence-electron chi connectivity index (χ2n) is 13.3. The predicted octanol–water partition coefficient (Wildman–Crippen LogP) is 5.17. The summed E-state index contributed by atoms with van der Waals surface area (Å²) in [5, 5.41) is 12.1. The molecule has 2 aromatic carbocycles. The number of carbonyl (C=O) groups excluding carboxylic acids is 1. The molecule has 1 amide bonds. The van der Waals surface area contributed by atoms with Crippen LogP contribution in [0, 0.1) is 18.3 Å². The number of benzene rings is 2. The molecule has 0 spiro atoms. The highest BCUT2D eigenvalue weighted by Crippen LogP contribution is 2.35. The fourth-order valence-electron chi connectivity index (χ4n) is 6.23. The molecule has 3 aromatic rings. The molecule has 10 heteroatoms. The van der Waals surface area contributed by atoms with Crippen molar-refractivity contribution in [1.82, 2.24) is 19.8 Å². The molecule has 234 valence electrons. The van der Waals surface area contributed by atoms with Crippen LogP contribution in [0.1, 0.15) is 50.9 Å². The third-order valence-corrected chi connectivity index (χ3v) is 8.01. The zero-order chi connectivity index (χ0) is 31.6. The van der Waals surface area contributed by atoms with Crippen molar-refractivity contribution in [2.75, 3.05) is 56.6 Å². The van der Waals surface area contributed by atoms with Crippen molar-refractivity contribution in [3.8, 4) is 12.1 Å². The number of rotatable bonds is 7. The normalized spacial score (nSPS) is 17.8. The Labute approximate surface area is 261 Å². The average Bonchev–Trinajstić information content (AvgIpc) is 2.94. The van der Waals surface area contributed by atoms with Gasteiger partial charge in [0.25, 0.3) is 0 Å². The van der Waals surface area contributed by atoms with Crippen LogP contribution in [0.2, 0.25) is 0 Å². The van der Waals surface area contributed by atoms with E-state index in [0.29, 0.717) is 32.2 Å². The van der Waals surface area contributed by atoms with Gasteiger partial charge in [0.2, 0.25) is 0 Å². The Hall–Kier alpha value is -4.10. The maximum absolute atomic E-state index is 13.0. The molecule has 2 aliphatic rings. The van der Waals surface area contributed by atoms with Crippen LogP contribution in [-0.4, -0.2) is 90.4 Å². The largest absolute Gasteiger partial charge is 0.459 e. The third kappa shape index (κ3) is 7.16. The van der Waals surface area contributed by atoms with Gasteiger partial charge in [0, 0.05) is 49.4 Å². The highest BCUT2D eigenvalue weighted by atomic mass is 16.6. The second-order valence-corrected chi connectivity index (χ2v) is 13.3. The number of piperazine rings is 1. The molecule has 0 saturated carbocycles. The zero-order valence-electron chi connectivity index (χ0n) is 27.1. The van der Waals surface area contributed by atoms with Gasteiger partial charge in [-0.3, -0.25) is 0 Å². The lowest BCUT2D eigenvalue weighted by atomic mass is 10.00. The predicted molar refractivity (Wildman–Crippen MR) is 173 cm³/mol. The number of aromatic nitrogens is 2. The molecule has 0 aliphatic carbocycles. The lowest BCUT2D eigenvalue weighted by Gasteiger charge is -2.42. The van der Waals surface area contributed by atoms with Crippen molar-refractivity contribution in [1.29, 1.82) is 5.26 Å². The monoisotopic (exact) mass is 599 g/mol. The van der Waals surface area contributed by atoms with Gasteiger partial charge in [-0.15, -0.1) is 0 Å². The summed E-state index contributed by atoms with van der Waals surface area (Å²) in [7, 11) is 4.03. The number of hydrogen-bond acceptors (Lipinski definition) is 9. The van der Waals surface area contributed by atoms with Crippen LogP contribution in [-0.2, 0) is 17.7 Å².